The molecule has 0 bridgehead atoms. The largest absolute Gasteiger partial charge is 0.487 e. The van der Waals surface area contributed by atoms with Gasteiger partial charge in [-0.1, -0.05) is 26.0 Å². The molecule has 2 N–H and O–H groups in total. The fourth-order valence-electron chi connectivity index (χ4n) is 4.25. The first-order chi connectivity index (χ1) is 15.6. The molecule has 0 unspecified atom stereocenters. The minimum Gasteiger partial charge on any atom is -0.487 e. The first-order valence-electron chi connectivity index (χ1n) is 11.3. The molecule has 2 atom stereocenters. The molecule has 1 aromatic carbocycles. The van der Waals surface area contributed by atoms with Gasteiger partial charge in [-0.15, -0.1) is 0 Å². The quantitative estimate of drug-likeness (QED) is 0.563. The van der Waals surface area contributed by atoms with Crippen molar-refractivity contribution < 1.29 is 18.6 Å². The number of benzene rings is 1. The van der Waals surface area contributed by atoms with Crippen LogP contribution in [0.4, 0.5) is 14.7 Å². The van der Waals surface area contributed by atoms with E-state index in [4.69, 9.17) is 4.74 Å². The van der Waals surface area contributed by atoms with E-state index < -0.39 is 12.5 Å². The highest BCUT2D eigenvalue weighted by Crippen LogP contribution is 2.40. The molecule has 0 spiro atoms. The van der Waals surface area contributed by atoms with Crippen molar-refractivity contribution in [2.75, 3.05) is 18.5 Å². The van der Waals surface area contributed by atoms with Crippen molar-refractivity contribution in [1.82, 2.24) is 9.97 Å². The molecule has 2 aromatic rings. The van der Waals surface area contributed by atoms with E-state index in [9.17, 15) is 19.1 Å². The van der Waals surface area contributed by atoms with Gasteiger partial charge in [0.2, 0.25) is 5.95 Å². The summed E-state index contributed by atoms with van der Waals surface area (Å²) in [5.41, 5.74) is 2.11. The van der Waals surface area contributed by atoms with Gasteiger partial charge < -0.3 is 15.2 Å². The molecule has 1 saturated carbocycles. The lowest BCUT2D eigenvalue weighted by molar-refractivity contribution is -0.0229. The van der Waals surface area contributed by atoms with Crippen molar-refractivity contribution in [2.45, 2.75) is 64.9 Å². The van der Waals surface area contributed by atoms with Gasteiger partial charge in [0.1, 0.15) is 11.8 Å². The van der Waals surface area contributed by atoms with E-state index in [1.807, 2.05) is 12.1 Å². The molecule has 0 amide bonds. The van der Waals surface area contributed by atoms with Gasteiger partial charge in [-0.2, -0.15) is 5.26 Å². The lowest BCUT2D eigenvalue weighted by atomic mass is 9.69. The molecule has 0 aliphatic heterocycles. The summed E-state index contributed by atoms with van der Waals surface area (Å²) in [5, 5.41) is 22.9. The van der Waals surface area contributed by atoms with Crippen LogP contribution < -0.4 is 10.1 Å². The van der Waals surface area contributed by atoms with Crippen molar-refractivity contribution in [3.8, 4) is 11.8 Å². The molecule has 1 fully saturated rings. The second kappa shape index (κ2) is 10.4. The minimum absolute atomic E-state index is 0.137. The Balaban J connectivity index is 1.55. The molecule has 1 aromatic heterocycles. The van der Waals surface area contributed by atoms with Crippen LogP contribution in [0.2, 0.25) is 0 Å². The molecule has 8 heteroatoms. The molecular formula is C25H32F2N4O2. The van der Waals surface area contributed by atoms with Crippen LogP contribution in [0, 0.1) is 22.7 Å². The average molecular weight is 459 g/mol. The normalized spacial score (nSPS) is 20.2. The maximum Gasteiger partial charge on any atom is 0.278 e. The number of aliphatic hydroxyl groups is 1. The first-order valence-corrected chi connectivity index (χ1v) is 11.3. The van der Waals surface area contributed by atoms with Crippen LogP contribution in [-0.4, -0.2) is 40.3 Å². The van der Waals surface area contributed by atoms with Gasteiger partial charge in [-0.05, 0) is 61.1 Å². The molecule has 178 valence electrons. The smallest absolute Gasteiger partial charge is 0.278 e. The molecule has 1 heterocycles. The number of hydrogen-bond acceptors (Lipinski definition) is 6. The molecule has 6 nitrogen and oxygen atoms in total. The third kappa shape index (κ3) is 7.36. The second-order valence-corrected chi connectivity index (χ2v) is 9.70. The Labute approximate surface area is 194 Å². The van der Waals surface area contributed by atoms with Crippen LogP contribution in [0.1, 0.15) is 56.9 Å². The highest BCUT2D eigenvalue weighted by molar-refractivity contribution is 5.37. The van der Waals surface area contributed by atoms with E-state index in [1.54, 1.807) is 18.3 Å². The Hall–Kier alpha value is -2.79. The average Bonchev–Trinajstić information content (AvgIpc) is 2.75. The summed E-state index contributed by atoms with van der Waals surface area (Å²) in [4.78, 5) is 8.86. The summed E-state index contributed by atoms with van der Waals surface area (Å²) in [6.07, 6.45) is 5.22. The van der Waals surface area contributed by atoms with E-state index >= 15 is 0 Å². The maximum absolute atomic E-state index is 12.9. The number of ether oxygens (including phenoxy) is 1. The number of aromatic nitrogens is 2. The molecule has 0 saturated heterocycles. The van der Waals surface area contributed by atoms with Crippen LogP contribution in [-0.2, 0) is 12.8 Å². The van der Waals surface area contributed by atoms with E-state index in [2.05, 4.69) is 35.2 Å². The van der Waals surface area contributed by atoms with Crippen LogP contribution in [0.25, 0.3) is 0 Å². The van der Waals surface area contributed by atoms with Gasteiger partial charge in [0.05, 0.1) is 23.6 Å². The number of nitrogens with one attached hydrogen (secondary N) is 1. The van der Waals surface area contributed by atoms with Crippen LogP contribution in [0.5, 0.6) is 5.75 Å². The SMILES string of the molecule is CC(F)(F)COc1ccc(CCNc2ncc(C#N)c(C[C@@H]3CC[C@H](O)C(C)(C)C3)n2)cc1. The monoisotopic (exact) mass is 458 g/mol. The van der Waals surface area contributed by atoms with E-state index in [0.717, 1.165) is 37.4 Å². The number of nitrogens with zero attached hydrogens (tertiary/aromatic N) is 3. The number of rotatable bonds is 9. The Morgan fingerprint density at radius 2 is 2.00 bits per heavy atom. The highest BCUT2D eigenvalue weighted by atomic mass is 19.3. The number of anilines is 1. The standard InChI is InChI=1S/C25H32F2N4O2/c1-24(2)13-18(6-9-22(24)32)12-21-19(14-28)15-30-23(31-21)29-11-10-17-4-7-20(8-5-17)33-16-25(3,26)27/h4-5,7-8,15,18,22,32H,6,9-13,16H2,1-3H3,(H,29,30,31)/t18-,22-/m0/s1. The zero-order chi connectivity index (χ0) is 24.1. The molecule has 3 rings (SSSR count). The van der Waals surface area contributed by atoms with Crippen molar-refractivity contribution in [3.05, 3.63) is 47.3 Å². The summed E-state index contributed by atoms with van der Waals surface area (Å²) in [5.74, 6) is -1.61. The summed E-state index contributed by atoms with van der Waals surface area (Å²) in [6, 6.07) is 9.23. The summed E-state index contributed by atoms with van der Waals surface area (Å²) in [6.45, 7) is 4.93. The van der Waals surface area contributed by atoms with E-state index in [0.29, 0.717) is 42.6 Å². The van der Waals surface area contributed by atoms with Crippen molar-refractivity contribution in [1.29, 1.82) is 5.26 Å². The summed E-state index contributed by atoms with van der Waals surface area (Å²) in [7, 11) is 0. The lowest BCUT2D eigenvalue weighted by Gasteiger charge is -2.39. The van der Waals surface area contributed by atoms with Crippen LogP contribution in [0.3, 0.4) is 0 Å². The van der Waals surface area contributed by atoms with E-state index in [-0.39, 0.29) is 11.5 Å². The van der Waals surface area contributed by atoms with Crippen molar-refractivity contribution in [2.24, 2.45) is 11.3 Å². The fraction of sp³-hybridized carbons (Fsp3) is 0.560. The zero-order valence-corrected chi connectivity index (χ0v) is 19.4. The molecular weight excluding hydrogens is 426 g/mol. The van der Waals surface area contributed by atoms with Gasteiger partial charge >= 0.3 is 0 Å². The van der Waals surface area contributed by atoms with Gasteiger partial charge in [-0.25, -0.2) is 18.7 Å². The van der Waals surface area contributed by atoms with Crippen molar-refractivity contribution >= 4 is 5.95 Å². The van der Waals surface area contributed by atoms with Crippen LogP contribution in [0.15, 0.2) is 30.5 Å². The minimum atomic E-state index is -2.86. The first kappa shape index (κ1) is 24.8. The predicted octanol–water partition coefficient (Wildman–Crippen LogP) is 4.77. The topological polar surface area (TPSA) is 91.1 Å². The third-order valence-corrected chi connectivity index (χ3v) is 6.15. The Morgan fingerprint density at radius 1 is 1.27 bits per heavy atom. The molecule has 0 radical (unpaired) electrons. The van der Waals surface area contributed by atoms with Gasteiger partial charge in [-0.3, -0.25) is 0 Å². The third-order valence-electron chi connectivity index (χ3n) is 6.15. The highest BCUT2D eigenvalue weighted by Gasteiger charge is 2.36. The second-order valence-electron chi connectivity index (χ2n) is 9.70. The van der Waals surface area contributed by atoms with Gasteiger partial charge in [0.15, 0.2) is 6.61 Å². The fourth-order valence-corrected chi connectivity index (χ4v) is 4.25. The van der Waals surface area contributed by atoms with Crippen LogP contribution >= 0.6 is 0 Å². The maximum atomic E-state index is 12.9. The lowest BCUT2D eigenvalue weighted by Crippen LogP contribution is -2.37. The number of nitriles is 1. The molecule has 33 heavy (non-hydrogen) atoms. The number of alkyl halides is 2. The molecule has 1 aliphatic rings. The van der Waals surface area contributed by atoms with E-state index in [1.165, 1.54) is 0 Å². The number of aliphatic hydroxyl groups excluding tert-OH is 1. The summed E-state index contributed by atoms with van der Waals surface area (Å²) >= 11 is 0. The Morgan fingerprint density at radius 3 is 2.64 bits per heavy atom. The predicted molar refractivity (Wildman–Crippen MR) is 122 cm³/mol. The van der Waals surface area contributed by atoms with Gasteiger partial charge in [0, 0.05) is 13.5 Å². The Bertz CT molecular complexity index is 968. The number of hydrogen-bond donors (Lipinski definition) is 2. The van der Waals surface area contributed by atoms with Gasteiger partial charge in [0.25, 0.3) is 5.92 Å². The zero-order valence-electron chi connectivity index (χ0n) is 19.4. The number of halogens is 2. The Kier molecular flexibility index (Phi) is 7.85. The van der Waals surface area contributed by atoms with Crippen molar-refractivity contribution in [3.63, 3.8) is 0 Å². The summed E-state index contributed by atoms with van der Waals surface area (Å²) < 4.78 is 30.9. The molecule has 1 aliphatic carbocycles.